The van der Waals surface area contributed by atoms with Gasteiger partial charge in [-0.3, -0.25) is 0 Å². The number of unbranched alkanes of at least 4 members (excludes halogenated alkanes) is 1. The molecule has 20 heavy (non-hydrogen) atoms. The minimum atomic E-state index is -0.748. The molecule has 0 unspecified atom stereocenters. The summed E-state index contributed by atoms with van der Waals surface area (Å²) in [4.78, 5) is 10.8. The molecule has 0 fully saturated rings. The third-order valence-corrected chi connectivity index (χ3v) is 3.29. The van der Waals surface area contributed by atoms with Gasteiger partial charge in [0.1, 0.15) is 11.4 Å². The van der Waals surface area contributed by atoms with Crippen LogP contribution >= 0.6 is 15.9 Å². The molecule has 5 heteroatoms. The molecule has 0 bridgehead atoms. The summed E-state index contributed by atoms with van der Waals surface area (Å²) in [6, 6.07) is 7.82. The summed E-state index contributed by atoms with van der Waals surface area (Å²) in [6.07, 6.45) is 2.00. The average Bonchev–Trinajstić information content (AvgIpc) is 2.34. The number of hydrogen-bond acceptors (Lipinski definition) is 3. The smallest absolute Gasteiger partial charge is 0.405 e. The zero-order valence-electron chi connectivity index (χ0n) is 12.0. The molecule has 1 rings (SSSR count). The molecule has 4 nitrogen and oxygen atoms in total. The predicted octanol–water partition coefficient (Wildman–Crippen LogP) is 3.66. The van der Waals surface area contributed by atoms with Crippen molar-refractivity contribution >= 4 is 22.0 Å². The van der Waals surface area contributed by atoms with Gasteiger partial charge in [-0.25, -0.2) is 4.79 Å². The fourth-order valence-electron chi connectivity index (χ4n) is 1.89. The van der Waals surface area contributed by atoms with Crippen LogP contribution in [0.1, 0.15) is 32.3 Å². The SMILES string of the molecule is CC(C)(Cc1ccc(OCCCCBr)cc1)OC(N)=O. The van der Waals surface area contributed by atoms with Crippen LogP contribution in [0.4, 0.5) is 4.79 Å². The Bertz CT molecular complexity index is 418. The summed E-state index contributed by atoms with van der Waals surface area (Å²) in [5, 5.41) is 1.00. The second kappa shape index (κ2) is 8.15. The van der Waals surface area contributed by atoms with E-state index in [-0.39, 0.29) is 0 Å². The largest absolute Gasteiger partial charge is 0.494 e. The maximum atomic E-state index is 10.8. The number of primary amides is 1. The van der Waals surface area contributed by atoms with E-state index in [9.17, 15) is 4.79 Å². The first-order valence-electron chi connectivity index (χ1n) is 6.69. The summed E-state index contributed by atoms with van der Waals surface area (Å²) in [7, 11) is 0. The highest BCUT2D eigenvalue weighted by molar-refractivity contribution is 9.09. The number of halogens is 1. The normalized spacial score (nSPS) is 11.2. The number of benzene rings is 1. The molecule has 0 aliphatic heterocycles. The molecule has 0 heterocycles. The first-order valence-corrected chi connectivity index (χ1v) is 7.81. The van der Waals surface area contributed by atoms with E-state index in [1.807, 2.05) is 38.1 Å². The van der Waals surface area contributed by atoms with Crippen molar-refractivity contribution in [3.8, 4) is 5.75 Å². The number of amides is 1. The first kappa shape index (κ1) is 16.8. The second-order valence-corrected chi connectivity index (χ2v) is 6.04. The Morgan fingerprint density at radius 2 is 1.90 bits per heavy atom. The molecule has 1 aromatic carbocycles. The zero-order valence-corrected chi connectivity index (χ0v) is 13.6. The summed E-state index contributed by atoms with van der Waals surface area (Å²) in [6.45, 7) is 4.39. The monoisotopic (exact) mass is 343 g/mol. The number of carbonyl (C=O) groups is 1. The standard InChI is InChI=1S/C15H22BrNO3/c1-15(2,20-14(17)18)11-12-5-7-13(8-6-12)19-10-4-3-9-16/h5-8H,3-4,9-11H2,1-2H3,(H2,17,18). The highest BCUT2D eigenvalue weighted by Gasteiger charge is 2.22. The number of hydrogen-bond donors (Lipinski definition) is 1. The molecule has 1 aromatic rings. The Kier molecular flexibility index (Phi) is 6.85. The van der Waals surface area contributed by atoms with E-state index in [0.29, 0.717) is 6.42 Å². The van der Waals surface area contributed by atoms with Crippen LogP contribution in [0.5, 0.6) is 5.75 Å². The lowest BCUT2D eigenvalue weighted by molar-refractivity contribution is 0.0460. The van der Waals surface area contributed by atoms with E-state index in [0.717, 1.165) is 36.1 Å². The molecule has 1 amide bonds. The highest BCUT2D eigenvalue weighted by Crippen LogP contribution is 2.20. The van der Waals surface area contributed by atoms with E-state index in [2.05, 4.69) is 15.9 Å². The van der Waals surface area contributed by atoms with E-state index in [1.165, 1.54) is 0 Å². The lowest BCUT2D eigenvalue weighted by atomic mass is 9.98. The van der Waals surface area contributed by atoms with Crippen molar-refractivity contribution in [2.45, 2.75) is 38.7 Å². The Labute approximate surface area is 128 Å². The molecule has 0 spiro atoms. The van der Waals surface area contributed by atoms with Gasteiger partial charge in [-0.1, -0.05) is 28.1 Å². The molecule has 0 radical (unpaired) electrons. The maximum absolute atomic E-state index is 10.8. The van der Waals surface area contributed by atoms with E-state index >= 15 is 0 Å². The molecule has 0 saturated carbocycles. The van der Waals surface area contributed by atoms with E-state index < -0.39 is 11.7 Å². The summed E-state index contributed by atoms with van der Waals surface area (Å²) in [5.41, 5.74) is 5.52. The molecule has 2 N–H and O–H groups in total. The minimum absolute atomic E-state index is 0.607. The van der Waals surface area contributed by atoms with Crippen LogP contribution in [-0.2, 0) is 11.2 Å². The summed E-state index contributed by atoms with van der Waals surface area (Å²) >= 11 is 3.39. The zero-order chi connectivity index (χ0) is 15.0. The first-order chi connectivity index (χ1) is 9.43. The topological polar surface area (TPSA) is 61.6 Å². The minimum Gasteiger partial charge on any atom is -0.494 e. The van der Waals surface area contributed by atoms with Crippen molar-refractivity contribution in [1.29, 1.82) is 0 Å². The van der Waals surface area contributed by atoms with Gasteiger partial charge in [-0.05, 0) is 44.4 Å². The van der Waals surface area contributed by atoms with Crippen LogP contribution in [0.2, 0.25) is 0 Å². The van der Waals surface area contributed by atoms with Gasteiger partial charge in [-0.2, -0.15) is 0 Å². The average molecular weight is 344 g/mol. The van der Waals surface area contributed by atoms with Crippen molar-refractivity contribution in [1.82, 2.24) is 0 Å². The number of nitrogens with two attached hydrogens (primary N) is 1. The van der Waals surface area contributed by atoms with E-state index in [4.69, 9.17) is 15.2 Å². The van der Waals surface area contributed by atoms with Gasteiger partial charge >= 0.3 is 6.09 Å². The highest BCUT2D eigenvalue weighted by atomic mass is 79.9. The Morgan fingerprint density at radius 1 is 1.25 bits per heavy atom. The summed E-state index contributed by atoms with van der Waals surface area (Å²) in [5.74, 6) is 0.858. The van der Waals surface area contributed by atoms with Crippen LogP contribution in [0.25, 0.3) is 0 Å². The van der Waals surface area contributed by atoms with Crippen LogP contribution < -0.4 is 10.5 Å². The lowest BCUT2D eigenvalue weighted by Crippen LogP contribution is -2.33. The number of ether oxygens (including phenoxy) is 2. The fourth-order valence-corrected chi connectivity index (χ4v) is 2.29. The number of alkyl halides is 1. The molecule has 0 atom stereocenters. The van der Waals surface area contributed by atoms with Gasteiger partial charge in [0.2, 0.25) is 0 Å². The van der Waals surface area contributed by atoms with Crippen LogP contribution in [-0.4, -0.2) is 23.6 Å². The number of rotatable bonds is 8. The third-order valence-electron chi connectivity index (χ3n) is 2.73. The van der Waals surface area contributed by atoms with Crippen molar-refractivity contribution in [2.75, 3.05) is 11.9 Å². The second-order valence-electron chi connectivity index (χ2n) is 5.25. The van der Waals surface area contributed by atoms with Crippen molar-refractivity contribution in [3.05, 3.63) is 29.8 Å². The molecular formula is C15H22BrNO3. The molecule has 0 aromatic heterocycles. The quantitative estimate of drug-likeness (QED) is 0.578. The van der Waals surface area contributed by atoms with Gasteiger partial charge in [0, 0.05) is 11.8 Å². The molecule has 0 aliphatic rings. The van der Waals surface area contributed by atoms with Gasteiger partial charge in [0.25, 0.3) is 0 Å². The Hall–Kier alpha value is -1.23. The van der Waals surface area contributed by atoms with Crippen LogP contribution in [0.3, 0.4) is 0 Å². The molecular weight excluding hydrogens is 322 g/mol. The van der Waals surface area contributed by atoms with Crippen LogP contribution in [0, 0.1) is 0 Å². The Balaban J connectivity index is 2.47. The predicted molar refractivity (Wildman–Crippen MR) is 83.4 cm³/mol. The molecule has 0 saturated heterocycles. The van der Waals surface area contributed by atoms with Gasteiger partial charge in [0.15, 0.2) is 0 Å². The molecule has 0 aliphatic carbocycles. The molecule has 112 valence electrons. The van der Waals surface area contributed by atoms with Gasteiger partial charge in [-0.15, -0.1) is 0 Å². The van der Waals surface area contributed by atoms with Gasteiger partial charge in [0.05, 0.1) is 6.61 Å². The fraction of sp³-hybridized carbons (Fsp3) is 0.533. The van der Waals surface area contributed by atoms with Crippen LogP contribution in [0.15, 0.2) is 24.3 Å². The van der Waals surface area contributed by atoms with E-state index in [1.54, 1.807) is 0 Å². The van der Waals surface area contributed by atoms with Crippen molar-refractivity contribution < 1.29 is 14.3 Å². The third kappa shape index (κ3) is 6.80. The van der Waals surface area contributed by atoms with Crippen molar-refractivity contribution in [2.24, 2.45) is 5.73 Å². The summed E-state index contributed by atoms with van der Waals surface area (Å²) < 4.78 is 10.7. The lowest BCUT2D eigenvalue weighted by Gasteiger charge is -2.24. The maximum Gasteiger partial charge on any atom is 0.405 e. The van der Waals surface area contributed by atoms with Crippen molar-refractivity contribution in [3.63, 3.8) is 0 Å². The Morgan fingerprint density at radius 3 is 2.45 bits per heavy atom. The number of carbonyl (C=O) groups excluding carboxylic acids is 1. The van der Waals surface area contributed by atoms with Gasteiger partial charge < -0.3 is 15.2 Å².